The van der Waals surface area contributed by atoms with Gasteiger partial charge < -0.3 is 9.30 Å². The summed E-state index contributed by atoms with van der Waals surface area (Å²) < 4.78 is 7.27. The standard InChI is InChI=1S/C12H20N2O2/c1-3-8-16-9-5-11(15)10-12-13-6-7-14(12)4-2/h6-7H,3-5,8-10H2,1-2H3. The van der Waals surface area contributed by atoms with Gasteiger partial charge in [0.1, 0.15) is 11.6 Å². The van der Waals surface area contributed by atoms with E-state index in [1.165, 1.54) is 0 Å². The summed E-state index contributed by atoms with van der Waals surface area (Å²) in [4.78, 5) is 15.8. The molecule has 0 atom stereocenters. The smallest absolute Gasteiger partial charge is 0.142 e. The van der Waals surface area contributed by atoms with Gasteiger partial charge in [0, 0.05) is 32.0 Å². The molecule has 0 saturated carbocycles. The topological polar surface area (TPSA) is 44.1 Å². The number of carbonyl (C=O) groups is 1. The van der Waals surface area contributed by atoms with E-state index in [1.807, 2.05) is 17.7 Å². The van der Waals surface area contributed by atoms with Gasteiger partial charge in [-0.3, -0.25) is 4.79 Å². The minimum absolute atomic E-state index is 0.192. The van der Waals surface area contributed by atoms with Crippen molar-refractivity contribution < 1.29 is 9.53 Å². The zero-order valence-corrected chi connectivity index (χ0v) is 10.1. The van der Waals surface area contributed by atoms with Crippen LogP contribution in [0.5, 0.6) is 0 Å². The summed E-state index contributed by atoms with van der Waals surface area (Å²) in [6.07, 6.45) is 5.53. The molecule has 0 saturated heterocycles. The highest BCUT2D eigenvalue weighted by atomic mass is 16.5. The second-order valence-electron chi connectivity index (χ2n) is 3.71. The monoisotopic (exact) mass is 224 g/mol. The third-order valence-electron chi connectivity index (χ3n) is 2.37. The Labute approximate surface area is 96.6 Å². The Hall–Kier alpha value is -1.16. The van der Waals surface area contributed by atoms with Crippen LogP contribution in [0, 0.1) is 0 Å². The first kappa shape index (κ1) is 12.9. The van der Waals surface area contributed by atoms with E-state index in [2.05, 4.69) is 11.9 Å². The van der Waals surface area contributed by atoms with Gasteiger partial charge in [-0.2, -0.15) is 0 Å². The number of aromatic nitrogens is 2. The fourth-order valence-corrected chi connectivity index (χ4v) is 1.49. The average Bonchev–Trinajstić information content (AvgIpc) is 2.71. The lowest BCUT2D eigenvalue weighted by atomic mass is 10.2. The van der Waals surface area contributed by atoms with E-state index in [-0.39, 0.29) is 5.78 Å². The molecule has 1 aromatic rings. The number of ketones is 1. The minimum atomic E-state index is 0.192. The molecule has 0 N–H and O–H groups in total. The normalized spacial score (nSPS) is 10.6. The van der Waals surface area contributed by atoms with Crippen LogP contribution in [-0.2, 0) is 22.5 Å². The lowest BCUT2D eigenvalue weighted by Gasteiger charge is -2.04. The fraction of sp³-hybridized carbons (Fsp3) is 0.667. The molecule has 0 amide bonds. The molecule has 0 fully saturated rings. The van der Waals surface area contributed by atoms with Crippen molar-refractivity contribution in [3.63, 3.8) is 0 Å². The maximum Gasteiger partial charge on any atom is 0.142 e. The molecule has 0 aliphatic rings. The second-order valence-corrected chi connectivity index (χ2v) is 3.71. The van der Waals surface area contributed by atoms with Gasteiger partial charge in [0.05, 0.1) is 13.0 Å². The summed E-state index contributed by atoms with van der Waals surface area (Å²) >= 11 is 0. The number of carbonyl (C=O) groups excluding carboxylic acids is 1. The lowest BCUT2D eigenvalue weighted by molar-refractivity contribution is -0.119. The van der Waals surface area contributed by atoms with Gasteiger partial charge in [0.25, 0.3) is 0 Å². The molecule has 0 aromatic carbocycles. The zero-order valence-electron chi connectivity index (χ0n) is 10.1. The number of rotatable bonds is 8. The van der Waals surface area contributed by atoms with Gasteiger partial charge in [0.2, 0.25) is 0 Å². The highest BCUT2D eigenvalue weighted by Gasteiger charge is 2.08. The summed E-state index contributed by atoms with van der Waals surface area (Å²) in [5.41, 5.74) is 0. The number of ether oxygens (including phenoxy) is 1. The van der Waals surface area contributed by atoms with E-state index in [0.717, 1.165) is 25.4 Å². The Morgan fingerprint density at radius 2 is 2.25 bits per heavy atom. The number of imidazole rings is 1. The van der Waals surface area contributed by atoms with E-state index in [4.69, 9.17) is 4.74 Å². The van der Waals surface area contributed by atoms with Crippen molar-refractivity contribution in [1.82, 2.24) is 9.55 Å². The van der Waals surface area contributed by atoms with Gasteiger partial charge in [-0.15, -0.1) is 0 Å². The van der Waals surface area contributed by atoms with Crippen molar-refractivity contribution in [3.8, 4) is 0 Å². The maximum atomic E-state index is 11.6. The Kier molecular flexibility index (Phi) is 5.78. The van der Waals surface area contributed by atoms with Crippen LogP contribution in [0.1, 0.15) is 32.5 Å². The molecule has 4 heteroatoms. The Morgan fingerprint density at radius 1 is 1.44 bits per heavy atom. The maximum absolute atomic E-state index is 11.6. The average molecular weight is 224 g/mol. The van der Waals surface area contributed by atoms with Crippen molar-refractivity contribution in [2.75, 3.05) is 13.2 Å². The van der Waals surface area contributed by atoms with Crippen LogP contribution in [-0.4, -0.2) is 28.5 Å². The first-order valence-corrected chi connectivity index (χ1v) is 5.87. The molecule has 1 aromatic heterocycles. The van der Waals surface area contributed by atoms with E-state index in [9.17, 15) is 4.79 Å². The first-order valence-electron chi connectivity index (χ1n) is 5.87. The highest BCUT2D eigenvalue weighted by molar-refractivity contribution is 5.80. The van der Waals surface area contributed by atoms with Crippen LogP contribution in [0.3, 0.4) is 0 Å². The molecule has 16 heavy (non-hydrogen) atoms. The van der Waals surface area contributed by atoms with Crippen LogP contribution in [0.25, 0.3) is 0 Å². The molecule has 1 rings (SSSR count). The molecule has 0 unspecified atom stereocenters. The number of Topliss-reactive ketones (excluding diaryl/α,β-unsaturated/α-hetero) is 1. The Morgan fingerprint density at radius 3 is 2.94 bits per heavy atom. The zero-order chi connectivity index (χ0) is 11.8. The number of aryl methyl sites for hydroxylation is 1. The molecular formula is C12H20N2O2. The molecule has 1 heterocycles. The van der Waals surface area contributed by atoms with Crippen molar-refractivity contribution in [1.29, 1.82) is 0 Å². The molecule has 0 spiro atoms. The molecule has 0 radical (unpaired) electrons. The van der Waals surface area contributed by atoms with Crippen molar-refractivity contribution in [2.24, 2.45) is 0 Å². The van der Waals surface area contributed by atoms with Crippen LogP contribution >= 0.6 is 0 Å². The molecule has 4 nitrogen and oxygen atoms in total. The largest absolute Gasteiger partial charge is 0.381 e. The van der Waals surface area contributed by atoms with E-state index in [1.54, 1.807) is 6.20 Å². The molecule has 90 valence electrons. The van der Waals surface area contributed by atoms with E-state index < -0.39 is 0 Å². The molecule has 0 aliphatic carbocycles. The number of nitrogens with zero attached hydrogens (tertiary/aromatic N) is 2. The minimum Gasteiger partial charge on any atom is -0.381 e. The summed E-state index contributed by atoms with van der Waals surface area (Å²) in [6, 6.07) is 0. The van der Waals surface area contributed by atoms with E-state index in [0.29, 0.717) is 19.4 Å². The van der Waals surface area contributed by atoms with Gasteiger partial charge in [-0.1, -0.05) is 6.92 Å². The summed E-state index contributed by atoms with van der Waals surface area (Å²) in [7, 11) is 0. The third-order valence-corrected chi connectivity index (χ3v) is 2.37. The third kappa shape index (κ3) is 4.14. The summed E-state index contributed by atoms with van der Waals surface area (Å²) in [6.45, 7) is 6.21. The quantitative estimate of drug-likeness (QED) is 0.633. The number of hydrogen-bond acceptors (Lipinski definition) is 3. The predicted molar refractivity (Wildman–Crippen MR) is 62.3 cm³/mol. The van der Waals surface area contributed by atoms with Crippen molar-refractivity contribution in [3.05, 3.63) is 18.2 Å². The molecular weight excluding hydrogens is 204 g/mol. The van der Waals surface area contributed by atoms with Crippen molar-refractivity contribution in [2.45, 2.75) is 39.7 Å². The Balaban J connectivity index is 2.28. The van der Waals surface area contributed by atoms with Gasteiger partial charge in [-0.25, -0.2) is 4.98 Å². The van der Waals surface area contributed by atoms with Crippen LogP contribution < -0.4 is 0 Å². The molecule has 0 aliphatic heterocycles. The van der Waals surface area contributed by atoms with E-state index >= 15 is 0 Å². The number of hydrogen-bond donors (Lipinski definition) is 0. The van der Waals surface area contributed by atoms with Crippen LogP contribution in [0.4, 0.5) is 0 Å². The molecule has 0 bridgehead atoms. The second kappa shape index (κ2) is 7.17. The Bertz CT molecular complexity index is 321. The van der Waals surface area contributed by atoms with Crippen LogP contribution in [0.2, 0.25) is 0 Å². The van der Waals surface area contributed by atoms with Gasteiger partial charge in [0.15, 0.2) is 0 Å². The fourth-order valence-electron chi connectivity index (χ4n) is 1.49. The highest BCUT2D eigenvalue weighted by Crippen LogP contribution is 2.01. The van der Waals surface area contributed by atoms with Crippen molar-refractivity contribution >= 4 is 5.78 Å². The summed E-state index contributed by atoms with van der Waals surface area (Å²) in [5, 5.41) is 0. The van der Waals surface area contributed by atoms with Gasteiger partial charge >= 0.3 is 0 Å². The van der Waals surface area contributed by atoms with Gasteiger partial charge in [-0.05, 0) is 13.3 Å². The lowest BCUT2D eigenvalue weighted by Crippen LogP contribution is -2.11. The first-order chi connectivity index (χ1) is 7.77. The predicted octanol–water partition coefficient (Wildman–Crippen LogP) is 1.83. The summed E-state index contributed by atoms with van der Waals surface area (Å²) in [5.74, 6) is 1.04. The van der Waals surface area contributed by atoms with Crippen LogP contribution in [0.15, 0.2) is 12.4 Å². The SMILES string of the molecule is CCCOCCC(=O)Cc1nccn1CC.